The number of nitrogens with two attached hydrogens (primary N) is 1. The smallest absolute Gasteiger partial charge is 0.303 e. The zero-order valence-electron chi connectivity index (χ0n) is 10.0. The molecule has 88 valence electrons. The lowest BCUT2D eigenvalue weighted by Gasteiger charge is -2.35. The van der Waals surface area contributed by atoms with Crippen LogP contribution in [-0.4, -0.2) is 17.1 Å². The van der Waals surface area contributed by atoms with Crippen LogP contribution >= 0.6 is 0 Å². The predicted octanol–water partition coefficient (Wildman–Crippen LogP) is 2.39. The summed E-state index contributed by atoms with van der Waals surface area (Å²) in [6, 6.07) is 0.0235. The minimum absolute atomic E-state index is 0.0235. The molecule has 1 aliphatic rings. The highest BCUT2D eigenvalue weighted by molar-refractivity contribution is 5.68. The van der Waals surface area contributed by atoms with Crippen molar-refractivity contribution in [3.05, 3.63) is 0 Å². The zero-order chi connectivity index (χ0) is 11.7. The molecule has 2 atom stereocenters. The fourth-order valence-corrected chi connectivity index (χ4v) is 3.05. The maximum absolute atomic E-state index is 10.9. The Kier molecular flexibility index (Phi) is 3.44. The average molecular weight is 213 g/mol. The molecule has 0 aromatic heterocycles. The fraction of sp³-hybridized carbons (Fsp3) is 0.917. The molecule has 3 N–H and O–H groups in total. The van der Waals surface area contributed by atoms with E-state index >= 15 is 0 Å². The Morgan fingerprint density at radius 2 is 2.07 bits per heavy atom. The average Bonchev–Trinajstić information content (AvgIpc) is 2.40. The van der Waals surface area contributed by atoms with E-state index in [-0.39, 0.29) is 23.3 Å². The first-order valence-electron chi connectivity index (χ1n) is 5.79. The molecule has 1 saturated carbocycles. The molecular weight excluding hydrogens is 190 g/mol. The monoisotopic (exact) mass is 213 g/mol. The molecular formula is C12H23NO2. The van der Waals surface area contributed by atoms with Gasteiger partial charge >= 0.3 is 5.97 Å². The van der Waals surface area contributed by atoms with Crippen molar-refractivity contribution in [1.29, 1.82) is 0 Å². The van der Waals surface area contributed by atoms with Crippen LogP contribution in [0.25, 0.3) is 0 Å². The van der Waals surface area contributed by atoms with Crippen LogP contribution in [-0.2, 0) is 4.79 Å². The molecule has 0 heterocycles. The third kappa shape index (κ3) is 2.71. The summed E-state index contributed by atoms with van der Waals surface area (Å²) in [5, 5.41) is 9.00. The van der Waals surface area contributed by atoms with E-state index in [4.69, 9.17) is 10.8 Å². The summed E-state index contributed by atoms with van der Waals surface area (Å²) in [4.78, 5) is 10.9. The summed E-state index contributed by atoms with van der Waals surface area (Å²) in [7, 11) is 0. The summed E-state index contributed by atoms with van der Waals surface area (Å²) < 4.78 is 0. The molecule has 2 unspecified atom stereocenters. The van der Waals surface area contributed by atoms with Crippen LogP contribution in [0.15, 0.2) is 0 Å². The van der Waals surface area contributed by atoms with Gasteiger partial charge in [-0.25, -0.2) is 0 Å². The molecule has 1 aliphatic carbocycles. The minimum atomic E-state index is -0.711. The van der Waals surface area contributed by atoms with Gasteiger partial charge in [0.15, 0.2) is 0 Å². The number of carboxylic acids is 1. The second kappa shape index (κ2) is 4.12. The highest BCUT2D eigenvalue weighted by Crippen LogP contribution is 2.52. The van der Waals surface area contributed by atoms with Gasteiger partial charge in [-0.2, -0.15) is 0 Å². The molecule has 15 heavy (non-hydrogen) atoms. The second-order valence-corrected chi connectivity index (χ2v) is 5.79. The third-order valence-corrected chi connectivity index (χ3v) is 3.86. The van der Waals surface area contributed by atoms with Crippen molar-refractivity contribution in [3.8, 4) is 0 Å². The van der Waals surface area contributed by atoms with Gasteiger partial charge in [0.2, 0.25) is 0 Å². The van der Waals surface area contributed by atoms with Crippen molar-refractivity contribution in [3.63, 3.8) is 0 Å². The fourth-order valence-electron chi connectivity index (χ4n) is 3.05. The van der Waals surface area contributed by atoms with Crippen molar-refractivity contribution in [1.82, 2.24) is 0 Å². The molecule has 3 nitrogen and oxygen atoms in total. The minimum Gasteiger partial charge on any atom is -0.481 e. The summed E-state index contributed by atoms with van der Waals surface area (Å²) in [5.74, 6) is -0.711. The lowest BCUT2D eigenvalue weighted by Crippen LogP contribution is -2.41. The lowest BCUT2D eigenvalue weighted by atomic mass is 9.73. The van der Waals surface area contributed by atoms with E-state index in [0.717, 1.165) is 25.7 Å². The number of carboxylic acid groups (broad SMARTS) is 1. The Hall–Kier alpha value is -0.570. The normalized spacial score (nSPS) is 31.5. The van der Waals surface area contributed by atoms with Crippen molar-refractivity contribution in [2.45, 2.75) is 58.9 Å². The first-order chi connectivity index (χ1) is 6.81. The van der Waals surface area contributed by atoms with E-state index in [1.807, 2.05) is 6.92 Å². The van der Waals surface area contributed by atoms with E-state index in [9.17, 15) is 4.79 Å². The Labute approximate surface area is 92.0 Å². The van der Waals surface area contributed by atoms with Gasteiger partial charge in [0, 0.05) is 6.04 Å². The SMILES string of the molecule is CCC(N)C1(CC(=O)O)CCC(C)(C)C1. The van der Waals surface area contributed by atoms with Crippen molar-refractivity contribution < 1.29 is 9.90 Å². The Morgan fingerprint density at radius 3 is 2.40 bits per heavy atom. The molecule has 0 aromatic carbocycles. The van der Waals surface area contributed by atoms with E-state index in [1.165, 1.54) is 0 Å². The van der Waals surface area contributed by atoms with Gasteiger partial charge in [-0.1, -0.05) is 20.8 Å². The maximum atomic E-state index is 10.9. The van der Waals surface area contributed by atoms with Crippen LogP contribution in [0, 0.1) is 10.8 Å². The molecule has 0 aliphatic heterocycles. The number of hydrogen-bond acceptors (Lipinski definition) is 2. The molecule has 0 saturated heterocycles. The lowest BCUT2D eigenvalue weighted by molar-refractivity contribution is -0.140. The highest BCUT2D eigenvalue weighted by atomic mass is 16.4. The van der Waals surface area contributed by atoms with Gasteiger partial charge in [0.05, 0.1) is 6.42 Å². The summed E-state index contributed by atoms with van der Waals surface area (Å²) in [5.41, 5.74) is 6.21. The summed E-state index contributed by atoms with van der Waals surface area (Å²) in [6.45, 7) is 6.46. The molecule has 0 spiro atoms. The third-order valence-electron chi connectivity index (χ3n) is 3.86. The number of carbonyl (C=O) groups is 1. The Bertz CT molecular complexity index is 250. The van der Waals surface area contributed by atoms with Crippen molar-refractivity contribution >= 4 is 5.97 Å². The number of hydrogen-bond donors (Lipinski definition) is 2. The number of aliphatic carboxylic acids is 1. The van der Waals surface area contributed by atoms with Crippen molar-refractivity contribution in [2.24, 2.45) is 16.6 Å². The van der Waals surface area contributed by atoms with E-state index < -0.39 is 5.97 Å². The quantitative estimate of drug-likeness (QED) is 0.753. The molecule has 0 aromatic rings. The molecule has 0 radical (unpaired) electrons. The van der Waals surface area contributed by atoms with Crippen LogP contribution in [0.2, 0.25) is 0 Å². The van der Waals surface area contributed by atoms with Crippen LogP contribution in [0.5, 0.6) is 0 Å². The Morgan fingerprint density at radius 1 is 1.47 bits per heavy atom. The summed E-state index contributed by atoms with van der Waals surface area (Å²) in [6.07, 6.45) is 4.09. The van der Waals surface area contributed by atoms with Crippen LogP contribution in [0.1, 0.15) is 52.9 Å². The predicted molar refractivity (Wildman–Crippen MR) is 60.6 cm³/mol. The van der Waals surface area contributed by atoms with E-state index in [2.05, 4.69) is 13.8 Å². The van der Waals surface area contributed by atoms with Crippen LogP contribution < -0.4 is 5.73 Å². The number of rotatable bonds is 4. The molecule has 0 bridgehead atoms. The van der Waals surface area contributed by atoms with Gasteiger partial charge in [-0.05, 0) is 36.5 Å². The maximum Gasteiger partial charge on any atom is 0.303 e. The first-order valence-corrected chi connectivity index (χ1v) is 5.79. The van der Waals surface area contributed by atoms with Gasteiger partial charge in [-0.3, -0.25) is 4.79 Å². The topological polar surface area (TPSA) is 63.3 Å². The molecule has 1 fully saturated rings. The van der Waals surface area contributed by atoms with Gasteiger partial charge in [0.25, 0.3) is 0 Å². The van der Waals surface area contributed by atoms with Crippen molar-refractivity contribution in [2.75, 3.05) is 0 Å². The summed E-state index contributed by atoms with van der Waals surface area (Å²) >= 11 is 0. The van der Waals surface area contributed by atoms with E-state index in [1.54, 1.807) is 0 Å². The van der Waals surface area contributed by atoms with Crippen LogP contribution in [0.4, 0.5) is 0 Å². The Balaban J connectivity index is 2.84. The first kappa shape index (κ1) is 12.5. The standard InChI is InChI=1S/C12H23NO2/c1-4-9(13)12(7-10(14)15)6-5-11(2,3)8-12/h9H,4-8,13H2,1-3H3,(H,14,15). The van der Waals surface area contributed by atoms with Gasteiger partial charge in [-0.15, -0.1) is 0 Å². The molecule has 1 rings (SSSR count). The van der Waals surface area contributed by atoms with Crippen LogP contribution in [0.3, 0.4) is 0 Å². The van der Waals surface area contributed by atoms with Gasteiger partial charge in [0.1, 0.15) is 0 Å². The van der Waals surface area contributed by atoms with Gasteiger partial charge < -0.3 is 10.8 Å². The van der Waals surface area contributed by atoms with E-state index in [0.29, 0.717) is 0 Å². The second-order valence-electron chi connectivity index (χ2n) is 5.79. The molecule has 3 heteroatoms. The zero-order valence-corrected chi connectivity index (χ0v) is 10.0. The molecule has 0 amide bonds. The highest BCUT2D eigenvalue weighted by Gasteiger charge is 2.47. The largest absolute Gasteiger partial charge is 0.481 e.